The molecule has 2 saturated carbocycles. The summed E-state index contributed by atoms with van der Waals surface area (Å²) in [5, 5.41) is 3.87. The van der Waals surface area contributed by atoms with Gasteiger partial charge >= 0.3 is 0 Å². The number of rotatable bonds is 3. The van der Waals surface area contributed by atoms with E-state index in [0.717, 1.165) is 24.4 Å². The molecule has 0 amide bonds. The van der Waals surface area contributed by atoms with Gasteiger partial charge in [-0.05, 0) is 62.0 Å². The van der Waals surface area contributed by atoms with Crippen molar-refractivity contribution in [3.63, 3.8) is 0 Å². The highest BCUT2D eigenvalue weighted by Gasteiger charge is 2.31. The van der Waals surface area contributed by atoms with Gasteiger partial charge in [0, 0.05) is 22.3 Å². The molecule has 3 aliphatic rings. The van der Waals surface area contributed by atoms with Crippen LogP contribution in [0.3, 0.4) is 0 Å². The molecular weight excluding hydrogens is 262 g/mol. The highest BCUT2D eigenvalue weighted by atomic mass is 32.1. The Morgan fingerprint density at radius 1 is 1.00 bits per heavy atom. The first kappa shape index (κ1) is 13.3. The van der Waals surface area contributed by atoms with Gasteiger partial charge < -0.3 is 5.32 Å². The van der Waals surface area contributed by atoms with Gasteiger partial charge in [-0.2, -0.15) is 0 Å². The fourth-order valence-electron chi connectivity index (χ4n) is 4.78. The molecule has 0 aliphatic heterocycles. The van der Waals surface area contributed by atoms with E-state index in [1.807, 2.05) is 0 Å². The highest BCUT2D eigenvalue weighted by molar-refractivity contribution is 7.12. The number of hydrogen-bond acceptors (Lipinski definition) is 2. The molecule has 2 heteroatoms. The summed E-state index contributed by atoms with van der Waals surface area (Å²) in [4.78, 5) is 3.26. The lowest BCUT2D eigenvalue weighted by Crippen LogP contribution is -2.38. The zero-order valence-corrected chi connectivity index (χ0v) is 13.3. The van der Waals surface area contributed by atoms with Crippen LogP contribution in [0.4, 0.5) is 0 Å². The zero-order valence-electron chi connectivity index (χ0n) is 12.5. The molecule has 1 heterocycles. The van der Waals surface area contributed by atoms with E-state index in [9.17, 15) is 0 Å². The van der Waals surface area contributed by atoms with Crippen molar-refractivity contribution in [2.75, 3.05) is 0 Å². The van der Waals surface area contributed by atoms with Crippen LogP contribution in [0.25, 0.3) is 0 Å². The quantitative estimate of drug-likeness (QED) is 0.851. The molecular formula is C18H27NS. The molecule has 4 rings (SSSR count). The van der Waals surface area contributed by atoms with Gasteiger partial charge in [0.15, 0.2) is 0 Å². The predicted octanol–water partition coefficient (Wildman–Crippen LogP) is 4.69. The standard InChI is InChI=1S/C18H27NS/c1-2-5-14-10-16(9-8-13(14)4-1)19-12-17-11-15-6-3-7-18(15)20-17/h11,13-14,16,19H,1-10,12H2. The second-order valence-corrected chi connectivity index (χ2v) is 8.43. The van der Waals surface area contributed by atoms with Gasteiger partial charge in [-0.15, -0.1) is 11.3 Å². The molecule has 1 aromatic heterocycles. The van der Waals surface area contributed by atoms with Crippen molar-refractivity contribution in [3.8, 4) is 0 Å². The third-order valence-corrected chi connectivity index (χ3v) is 7.14. The molecule has 0 aromatic carbocycles. The van der Waals surface area contributed by atoms with E-state index in [-0.39, 0.29) is 0 Å². The molecule has 0 bridgehead atoms. The molecule has 2 fully saturated rings. The molecule has 20 heavy (non-hydrogen) atoms. The van der Waals surface area contributed by atoms with Crippen molar-refractivity contribution in [3.05, 3.63) is 21.4 Å². The average molecular weight is 289 g/mol. The molecule has 3 atom stereocenters. The molecule has 0 saturated heterocycles. The minimum Gasteiger partial charge on any atom is -0.309 e. The number of fused-ring (bicyclic) bond motifs is 2. The van der Waals surface area contributed by atoms with Crippen LogP contribution in [0.1, 0.15) is 66.7 Å². The van der Waals surface area contributed by atoms with E-state index in [1.165, 1.54) is 64.2 Å². The van der Waals surface area contributed by atoms with Crippen LogP contribution in [0.2, 0.25) is 0 Å². The lowest BCUT2D eigenvalue weighted by Gasteiger charge is -2.39. The van der Waals surface area contributed by atoms with Gasteiger partial charge in [0.05, 0.1) is 0 Å². The van der Waals surface area contributed by atoms with Crippen LogP contribution in [0, 0.1) is 11.8 Å². The smallest absolute Gasteiger partial charge is 0.0302 e. The number of nitrogens with one attached hydrogen (secondary N) is 1. The minimum absolute atomic E-state index is 0.797. The van der Waals surface area contributed by atoms with E-state index in [2.05, 4.69) is 22.7 Å². The van der Waals surface area contributed by atoms with Crippen molar-refractivity contribution >= 4 is 11.3 Å². The Labute approximate surface area is 127 Å². The van der Waals surface area contributed by atoms with Gasteiger partial charge in [-0.3, -0.25) is 0 Å². The first-order chi connectivity index (χ1) is 9.88. The van der Waals surface area contributed by atoms with Crippen molar-refractivity contribution in [1.29, 1.82) is 0 Å². The topological polar surface area (TPSA) is 12.0 Å². The summed E-state index contributed by atoms with van der Waals surface area (Å²) < 4.78 is 0. The van der Waals surface area contributed by atoms with Crippen LogP contribution in [0.5, 0.6) is 0 Å². The SMILES string of the molecule is c1c(CNC2CCC3CCCCC3C2)sc2c1CCC2. The maximum absolute atomic E-state index is 3.87. The molecule has 1 aromatic rings. The van der Waals surface area contributed by atoms with Crippen LogP contribution in [0.15, 0.2) is 6.07 Å². The third-order valence-electron chi connectivity index (χ3n) is 5.90. The molecule has 3 unspecified atom stereocenters. The summed E-state index contributed by atoms with van der Waals surface area (Å²) in [6, 6.07) is 3.28. The largest absolute Gasteiger partial charge is 0.309 e. The maximum atomic E-state index is 3.87. The average Bonchev–Trinajstić information content (AvgIpc) is 3.06. The molecule has 1 N–H and O–H groups in total. The van der Waals surface area contributed by atoms with Crippen LogP contribution < -0.4 is 5.32 Å². The van der Waals surface area contributed by atoms with Crippen molar-refractivity contribution in [2.45, 2.75) is 76.8 Å². The van der Waals surface area contributed by atoms with Gasteiger partial charge in [0.1, 0.15) is 0 Å². The third kappa shape index (κ3) is 2.69. The number of thiophene rings is 1. The molecule has 3 aliphatic carbocycles. The Balaban J connectivity index is 1.31. The van der Waals surface area contributed by atoms with E-state index in [4.69, 9.17) is 0 Å². The van der Waals surface area contributed by atoms with Crippen molar-refractivity contribution in [2.24, 2.45) is 11.8 Å². The Morgan fingerprint density at radius 2 is 1.90 bits per heavy atom. The number of hydrogen-bond donors (Lipinski definition) is 1. The van der Waals surface area contributed by atoms with Crippen LogP contribution in [-0.4, -0.2) is 6.04 Å². The van der Waals surface area contributed by atoms with Gasteiger partial charge in [0.2, 0.25) is 0 Å². The summed E-state index contributed by atoms with van der Waals surface area (Å²) >= 11 is 2.07. The van der Waals surface area contributed by atoms with E-state index in [1.54, 1.807) is 15.3 Å². The predicted molar refractivity (Wildman–Crippen MR) is 86.3 cm³/mol. The molecule has 110 valence electrons. The van der Waals surface area contributed by atoms with Gasteiger partial charge in [-0.1, -0.05) is 25.7 Å². The van der Waals surface area contributed by atoms with E-state index >= 15 is 0 Å². The summed E-state index contributed by atoms with van der Waals surface area (Å²) in [5.41, 5.74) is 1.66. The zero-order chi connectivity index (χ0) is 13.4. The van der Waals surface area contributed by atoms with Gasteiger partial charge in [0.25, 0.3) is 0 Å². The lowest BCUT2D eigenvalue weighted by atomic mass is 9.69. The summed E-state index contributed by atoms with van der Waals surface area (Å²) in [7, 11) is 0. The van der Waals surface area contributed by atoms with E-state index in [0.29, 0.717) is 0 Å². The van der Waals surface area contributed by atoms with Gasteiger partial charge in [-0.25, -0.2) is 0 Å². The Morgan fingerprint density at radius 3 is 2.80 bits per heavy atom. The summed E-state index contributed by atoms with van der Waals surface area (Å²) in [6.07, 6.45) is 14.5. The Kier molecular flexibility index (Phi) is 3.87. The lowest BCUT2D eigenvalue weighted by molar-refractivity contribution is 0.143. The second kappa shape index (κ2) is 5.81. The maximum Gasteiger partial charge on any atom is 0.0302 e. The highest BCUT2D eigenvalue weighted by Crippen LogP contribution is 2.40. The Bertz CT molecular complexity index is 442. The fourth-order valence-corrected chi connectivity index (χ4v) is 5.99. The normalized spacial score (nSPS) is 32.9. The summed E-state index contributed by atoms with van der Waals surface area (Å²) in [6.45, 7) is 1.12. The first-order valence-corrected chi connectivity index (χ1v) is 9.54. The molecule has 0 radical (unpaired) electrons. The first-order valence-electron chi connectivity index (χ1n) is 8.72. The van der Waals surface area contributed by atoms with Crippen molar-refractivity contribution in [1.82, 2.24) is 5.32 Å². The van der Waals surface area contributed by atoms with Crippen LogP contribution in [-0.2, 0) is 19.4 Å². The Hall–Kier alpha value is -0.340. The molecule has 0 spiro atoms. The minimum atomic E-state index is 0.797. The van der Waals surface area contributed by atoms with E-state index < -0.39 is 0 Å². The summed E-state index contributed by atoms with van der Waals surface area (Å²) in [5.74, 6) is 2.12. The number of aryl methyl sites for hydroxylation is 2. The van der Waals surface area contributed by atoms with Crippen LogP contribution >= 0.6 is 11.3 Å². The molecule has 1 nitrogen and oxygen atoms in total. The second-order valence-electron chi connectivity index (χ2n) is 7.21. The monoisotopic (exact) mass is 289 g/mol. The van der Waals surface area contributed by atoms with Crippen molar-refractivity contribution < 1.29 is 0 Å². The fraction of sp³-hybridized carbons (Fsp3) is 0.778.